The van der Waals surface area contributed by atoms with E-state index in [-0.39, 0.29) is 0 Å². The largest absolute Gasteiger partial charge is 0.315 e. The molecule has 58 valence electrons. The Balaban J connectivity index is 2.51. The first-order chi connectivity index (χ1) is 4.74. The van der Waals surface area contributed by atoms with E-state index in [0.717, 1.165) is 12.5 Å². The molecule has 1 aliphatic rings. The molecular formula is C8H16N2. The third kappa shape index (κ3) is 1.51. The van der Waals surface area contributed by atoms with Gasteiger partial charge < -0.3 is 5.01 Å². The molecule has 0 amide bonds. The van der Waals surface area contributed by atoms with E-state index in [1.807, 2.05) is 5.01 Å². The Kier molecular flexibility index (Phi) is 2.33. The van der Waals surface area contributed by atoms with Crippen molar-refractivity contribution in [1.29, 1.82) is 0 Å². The number of hydrogen-bond donors (Lipinski definition) is 1. The molecule has 0 saturated carbocycles. The van der Waals surface area contributed by atoms with E-state index in [2.05, 4.69) is 19.9 Å². The average molecular weight is 140 g/mol. The molecule has 1 rings (SSSR count). The summed E-state index contributed by atoms with van der Waals surface area (Å²) >= 11 is 0. The smallest absolute Gasteiger partial charge is 0.0369 e. The molecule has 1 heterocycles. The molecular weight excluding hydrogens is 124 g/mol. The van der Waals surface area contributed by atoms with Crippen LogP contribution in [0, 0.1) is 5.92 Å². The highest BCUT2D eigenvalue weighted by Gasteiger charge is 2.13. The predicted molar refractivity (Wildman–Crippen MR) is 43.0 cm³/mol. The van der Waals surface area contributed by atoms with Gasteiger partial charge in [-0.05, 0) is 19.3 Å². The van der Waals surface area contributed by atoms with Gasteiger partial charge in [-0.15, -0.1) is 0 Å². The lowest BCUT2D eigenvalue weighted by Gasteiger charge is -2.28. The zero-order valence-electron chi connectivity index (χ0n) is 6.80. The van der Waals surface area contributed by atoms with Crippen LogP contribution in [0.4, 0.5) is 0 Å². The van der Waals surface area contributed by atoms with Crippen molar-refractivity contribution >= 4 is 0 Å². The molecule has 2 N–H and O–H groups in total. The summed E-state index contributed by atoms with van der Waals surface area (Å²) < 4.78 is 0. The van der Waals surface area contributed by atoms with Crippen LogP contribution in [-0.2, 0) is 0 Å². The summed E-state index contributed by atoms with van der Waals surface area (Å²) in [7, 11) is 0. The Labute approximate surface area is 62.7 Å². The summed E-state index contributed by atoms with van der Waals surface area (Å²) in [5.74, 6) is 6.48. The second-order valence-electron chi connectivity index (χ2n) is 3.01. The molecule has 0 fully saturated rings. The minimum atomic E-state index is 0.772. The number of allylic oxidation sites excluding steroid dienone is 2. The van der Waals surface area contributed by atoms with Crippen molar-refractivity contribution in [2.45, 2.75) is 26.7 Å². The maximum absolute atomic E-state index is 5.71. The summed E-state index contributed by atoms with van der Waals surface area (Å²) in [5.41, 5.74) is 1.21. The second kappa shape index (κ2) is 3.06. The number of hydrogen-bond acceptors (Lipinski definition) is 2. The topological polar surface area (TPSA) is 29.3 Å². The first-order valence-electron chi connectivity index (χ1n) is 3.93. The number of rotatable bonds is 1. The molecule has 2 heteroatoms. The van der Waals surface area contributed by atoms with E-state index in [4.69, 9.17) is 5.84 Å². The molecule has 0 aromatic carbocycles. The molecule has 0 radical (unpaired) electrons. The maximum atomic E-state index is 5.71. The Hall–Kier alpha value is -0.500. The van der Waals surface area contributed by atoms with Crippen LogP contribution in [0.3, 0.4) is 0 Å². The highest BCUT2D eigenvalue weighted by atomic mass is 15.4. The lowest BCUT2D eigenvalue weighted by Crippen LogP contribution is -2.36. The fourth-order valence-corrected chi connectivity index (χ4v) is 1.25. The molecule has 0 aliphatic carbocycles. The lowest BCUT2D eigenvalue weighted by molar-refractivity contribution is 0.266. The summed E-state index contributed by atoms with van der Waals surface area (Å²) in [4.78, 5) is 0. The third-order valence-electron chi connectivity index (χ3n) is 2.23. The van der Waals surface area contributed by atoms with Crippen molar-refractivity contribution in [3.63, 3.8) is 0 Å². The first-order valence-corrected chi connectivity index (χ1v) is 3.93. The minimum absolute atomic E-state index is 0.772. The fourth-order valence-electron chi connectivity index (χ4n) is 1.25. The van der Waals surface area contributed by atoms with E-state index in [9.17, 15) is 0 Å². The van der Waals surface area contributed by atoms with E-state index in [1.54, 1.807) is 0 Å². The summed E-state index contributed by atoms with van der Waals surface area (Å²) in [5, 5.41) is 1.84. The maximum Gasteiger partial charge on any atom is 0.0369 e. The molecule has 0 saturated heterocycles. The second-order valence-corrected chi connectivity index (χ2v) is 3.01. The van der Waals surface area contributed by atoms with Crippen LogP contribution in [0.1, 0.15) is 26.7 Å². The average Bonchev–Trinajstić information content (AvgIpc) is 1.95. The summed E-state index contributed by atoms with van der Waals surface area (Å²) in [6.07, 6.45) is 4.66. The van der Waals surface area contributed by atoms with Crippen molar-refractivity contribution in [2.75, 3.05) is 6.54 Å². The van der Waals surface area contributed by atoms with Gasteiger partial charge in [0.2, 0.25) is 0 Å². The normalized spacial score (nSPS) is 26.5. The van der Waals surface area contributed by atoms with E-state index < -0.39 is 0 Å². The number of nitrogens with two attached hydrogens (primary N) is 1. The molecule has 0 spiro atoms. The fraction of sp³-hybridized carbons (Fsp3) is 0.750. The van der Waals surface area contributed by atoms with E-state index in [0.29, 0.717) is 0 Å². The van der Waals surface area contributed by atoms with Crippen LogP contribution < -0.4 is 5.84 Å². The van der Waals surface area contributed by atoms with Crippen molar-refractivity contribution in [3.8, 4) is 0 Å². The van der Waals surface area contributed by atoms with Crippen LogP contribution in [0.2, 0.25) is 0 Å². The van der Waals surface area contributed by atoms with Gasteiger partial charge in [0.25, 0.3) is 0 Å². The van der Waals surface area contributed by atoms with Crippen LogP contribution >= 0.6 is 0 Å². The third-order valence-corrected chi connectivity index (χ3v) is 2.23. The number of hydrazine groups is 1. The van der Waals surface area contributed by atoms with Gasteiger partial charge in [-0.3, -0.25) is 0 Å². The van der Waals surface area contributed by atoms with Gasteiger partial charge >= 0.3 is 0 Å². The Morgan fingerprint density at radius 3 is 3.00 bits per heavy atom. The van der Waals surface area contributed by atoms with Gasteiger partial charge in [0.05, 0.1) is 0 Å². The van der Waals surface area contributed by atoms with E-state index >= 15 is 0 Å². The summed E-state index contributed by atoms with van der Waals surface area (Å²) in [6, 6.07) is 0. The lowest BCUT2D eigenvalue weighted by atomic mass is 9.98. The first kappa shape index (κ1) is 7.61. The number of nitrogens with zero attached hydrogens (tertiary/aromatic N) is 1. The predicted octanol–water partition coefficient (Wildman–Crippen LogP) is 1.50. The monoisotopic (exact) mass is 140 g/mol. The van der Waals surface area contributed by atoms with Crippen molar-refractivity contribution in [2.24, 2.45) is 11.8 Å². The minimum Gasteiger partial charge on any atom is -0.315 e. The van der Waals surface area contributed by atoms with Crippen molar-refractivity contribution in [1.82, 2.24) is 5.01 Å². The quantitative estimate of drug-likeness (QED) is 0.559. The van der Waals surface area contributed by atoms with Gasteiger partial charge in [-0.2, -0.15) is 0 Å². The van der Waals surface area contributed by atoms with Crippen molar-refractivity contribution < 1.29 is 0 Å². The van der Waals surface area contributed by atoms with E-state index in [1.165, 1.54) is 18.5 Å². The van der Waals surface area contributed by atoms with Gasteiger partial charge in [0.1, 0.15) is 0 Å². The zero-order valence-corrected chi connectivity index (χ0v) is 6.80. The molecule has 0 aromatic rings. The summed E-state index contributed by atoms with van der Waals surface area (Å²) in [6.45, 7) is 5.30. The van der Waals surface area contributed by atoms with Crippen LogP contribution in [0.25, 0.3) is 0 Å². The van der Waals surface area contributed by atoms with Crippen molar-refractivity contribution in [3.05, 3.63) is 11.8 Å². The molecule has 1 unspecified atom stereocenters. The molecule has 0 bridgehead atoms. The van der Waals surface area contributed by atoms with Crippen LogP contribution in [0.5, 0.6) is 0 Å². The highest BCUT2D eigenvalue weighted by molar-refractivity contribution is 5.00. The molecule has 1 aliphatic heterocycles. The van der Waals surface area contributed by atoms with Crippen LogP contribution in [-0.4, -0.2) is 11.6 Å². The van der Waals surface area contributed by atoms with Gasteiger partial charge in [-0.25, -0.2) is 5.84 Å². The van der Waals surface area contributed by atoms with Gasteiger partial charge in [0.15, 0.2) is 0 Å². The Morgan fingerprint density at radius 2 is 2.50 bits per heavy atom. The van der Waals surface area contributed by atoms with Crippen LogP contribution in [0.15, 0.2) is 11.8 Å². The Bertz CT molecular complexity index is 140. The molecule has 1 atom stereocenters. The highest BCUT2D eigenvalue weighted by Crippen LogP contribution is 2.18. The van der Waals surface area contributed by atoms with Gasteiger partial charge in [0, 0.05) is 12.2 Å². The SMILES string of the molecule is CCC1CC=C(C)N(N)C1. The molecule has 10 heavy (non-hydrogen) atoms. The molecule has 2 nitrogen and oxygen atoms in total. The standard InChI is InChI=1S/C8H16N2/c1-3-8-5-4-7(2)10(9)6-8/h4,8H,3,5-6,9H2,1-2H3. The zero-order chi connectivity index (χ0) is 7.56. The molecule has 0 aromatic heterocycles. The Morgan fingerprint density at radius 1 is 1.80 bits per heavy atom. The van der Waals surface area contributed by atoms with Gasteiger partial charge in [-0.1, -0.05) is 19.4 Å².